The van der Waals surface area contributed by atoms with Gasteiger partial charge in [-0.15, -0.1) is 0 Å². The van der Waals surface area contributed by atoms with Crippen molar-refractivity contribution < 1.29 is 9.90 Å². The molecule has 1 N–H and O–H groups in total. The van der Waals surface area contributed by atoms with Crippen LogP contribution < -0.4 is 0 Å². The molecule has 1 unspecified atom stereocenters. The number of carbonyl (C=O) groups excluding carboxylic acids is 1. The molecule has 2 amide bonds. The average molecular weight is 186 g/mol. The first-order valence-electron chi connectivity index (χ1n) is 4.83. The van der Waals surface area contributed by atoms with Gasteiger partial charge >= 0.3 is 6.03 Å². The lowest BCUT2D eigenvalue weighted by atomic mass is 10.2. The zero-order chi connectivity index (χ0) is 9.84. The second-order valence-corrected chi connectivity index (χ2v) is 3.47. The number of hydrogen-bond acceptors (Lipinski definition) is 2. The van der Waals surface area contributed by atoms with Crippen molar-refractivity contribution in [1.29, 1.82) is 0 Å². The van der Waals surface area contributed by atoms with Gasteiger partial charge in [0, 0.05) is 20.1 Å². The van der Waals surface area contributed by atoms with E-state index in [9.17, 15) is 4.79 Å². The summed E-state index contributed by atoms with van der Waals surface area (Å²) < 4.78 is 0. The highest BCUT2D eigenvalue weighted by atomic mass is 16.3. The monoisotopic (exact) mass is 186 g/mol. The maximum absolute atomic E-state index is 11.7. The van der Waals surface area contributed by atoms with Crippen molar-refractivity contribution in [3.8, 4) is 0 Å². The quantitative estimate of drug-likeness (QED) is 0.683. The van der Waals surface area contributed by atoms with E-state index in [2.05, 4.69) is 0 Å². The first-order valence-corrected chi connectivity index (χ1v) is 4.83. The molecule has 0 spiro atoms. The van der Waals surface area contributed by atoms with Crippen LogP contribution in [-0.4, -0.2) is 53.7 Å². The van der Waals surface area contributed by atoms with Gasteiger partial charge in [-0.2, -0.15) is 0 Å². The number of amides is 2. The summed E-state index contributed by atoms with van der Waals surface area (Å²) in [6.45, 7) is 3.53. The van der Waals surface area contributed by atoms with E-state index in [1.165, 1.54) is 0 Å². The predicted octanol–water partition coefficient (Wildman–Crippen LogP) is 0.515. The van der Waals surface area contributed by atoms with Gasteiger partial charge in [0.05, 0.1) is 12.6 Å². The van der Waals surface area contributed by atoms with Crippen molar-refractivity contribution in [2.45, 2.75) is 25.8 Å². The molecule has 0 aromatic carbocycles. The van der Waals surface area contributed by atoms with E-state index in [0.717, 1.165) is 19.4 Å². The molecule has 76 valence electrons. The molecule has 0 bridgehead atoms. The van der Waals surface area contributed by atoms with Crippen molar-refractivity contribution >= 4 is 6.03 Å². The molecule has 1 atom stereocenters. The van der Waals surface area contributed by atoms with Crippen LogP contribution in [0.25, 0.3) is 0 Å². The second-order valence-electron chi connectivity index (χ2n) is 3.47. The van der Waals surface area contributed by atoms with Crippen LogP contribution in [0.4, 0.5) is 4.79 Å². The molecule has 0 aliphatic carbocycles. The minimum absolute atomic E-state index is 0.0408. The second kappa shape index (κ2) is 4.46. The van der Waals surface area contributed by atoms with Crippen LogP contribution in [0.15, 0.2) is 0 Å². The van der Waals surface area contributed by atoms with Gasteiger partial charge in [0.15, 0.2) is 0 Å². The van der Waals surface area contributed by atoms with Gasteiger partial charge in [0.25, 0.3) is 0 Å². The number of carbonyl (C=O) groups is 1. The van der Waals surface area contributed by atoms with Crippen LogP contribution in [-0.2, 0) is 0 Å². The third-order valence-electron chi connectivity index (χ3n) is 2.63. The van der Waals surface area contributed by atoms with E-state index in [0.29, 0.717) is 6.54 Å². The highest BCUT2D eigenvalue weighted by molar-refractivity contribution is 5.74. The SMILES string of the molecule is CCN(C)C(=O)N1CCCC1CO. The molecule has 1 aliphatic rings. The Bertz CT molecular complexity index is 184. The molecular weight excluding hydrogens is 168 g/mol. The summed E-state index contributed by atoms with van der Waals surface area (Å²) in [5.41, 5.74) is 0. The molecule has 1 saturated heterocycles. The Labute approximate surface area is 79.1 Å². The molecule has 0 aromatic heterocycles. The Hall–Kier alpha value is -0.770. The fourth-order valence-electron chi connectivity index (χ4n) is 1.63. The lowest BCUT2D eigenvalue weighted by molar-refractivity contribution is 0.134. The fraction of sp³-hybridized carbons (Fsp3) is 0.889. The molecule has 4 nitrogen and oxygen atoms in total. The fourth-order valence-corrected chi connectivity index (χ4v) is 1.63. The minimum atomic E-state index is 0.0408. The van der Waals surface area contributed by atoms with E-state index in [1.54, 1.807) is 16.8 Å². The van der Waals surface area contributed by atoms with E-state index < -0.39 is 0 Å². The number of rotatable bonds is 2. The normalized spacial score (nSPS) is 22.1. The molecule has 1 rings (SSSR count). The minimum Gasteiger partial charge on any atom is -0.394 e. The van der Waals surface area contributed by atoms with Crippen LogP contribution in [0.1, 0.15) is 19.8 Å². The van der Waals surface area contributed by atoms with Gasteiger partial charge in [-0.3, -0.25) is 0 Å². The van der Waals surface area contributed by atoms with Crippen molar-refractivity contribution in [2.24, 2.45) is 0 Å². The van der Waals surface area contributed by atoms with Gasteiger partial charge in [-0.05, 0) is 19.8 Å². The summed E-state index contributed by atoms with van der Waals surface area (Å²) in [7, 11) is 1.79. The molecule has 4 heteroatoms. The summed E-state index contributed by atoms with van der Waals surface area (Å²) in [5.74, 6) is 0. The van der Waals surface area contributed by atoms with Crippen molar-refractivity contribution in [3.63, 3.8) is 0 Å². The molecule has 1 aliphatic heterocycles. The number of hydrogen-bond donors (Lipinski definition) is 1. The van der Waals surface area contributed by atoms with Gasteiger partial charge in [0.2, 0.25) is 0 Å². The Balaban J connectivity index is 2.54. The first-order chi connectivity index (χ1) is 6.20. The Morgan fingerprint density at radius 2 is 2.38 bits per heavy atom. The van der Waals surface area contributed by atoms with E-state index in [1.807, 2.05) is 6.92 Å². The Kier molecular flexibility index (Phi) is 3.54. The van der Waals surface area contributed by atoms with E-state index in [4.69, 9.17) is 5.11 Å². The smallest absolute Gasteiger partial charge is 0.320 e. The standard InChI is InChI=1S/C9H18N2O2/c1-3-10(2)9(13)11-6-4-5-8(11)7-12/h8,12H,3-7H2,1-2H3. The number of aliphatic hydroxyl groups is 1. The third kappa shape index (κ3) is 2.12. The summed E-state index contributed by atoms with van der Waals surface area (Å²) in [6, 6.07) is 0.0838. The van der Waals surface area contributed by atoms with Crippen molar-refractivity contribution in [3.05, 3.63) is 0 Å². The van der Waals surface area contributed by atoms with Crippen molar-refractivity contribution in [2.75, 3.05) is 26.7 Å². The molecule has 0 radical (unpaired) electrons. The molecule has 0 saturated carbocycles. The number of nitrogens with zero attached hydrogens (tertiary/aromatic N) is 2. The Morgan fingerprint density at radius 3 is 2.92 bits per heavy atom. The van der Waals surface area contributed by atoms with Gasteiger partial charge in [-0.25, -0.2) is 4.79 Å². The number of urea groups is 1. The zero-order valence-electron chi connectivity index (χ0n) is 8.36. The highest BCUT2D eigenvalue weighted by Crippen LogP contribution is 2.17. The largest absolute Gasteiger partial charge is 0.394 e. The van der Waals surface area contributed by atoms with Gasteiger partial charge in [-0.1, -0.05) is 0 Å². The molecule has 1 fully saturated rings. The molecule has 0 aromatic rings. The van der Waals surface area contributed by atoms with Crippen LogP contribution in [0.5, 0.6) is 0 Å². The Morgan fingerprint density at radius 1 is 1.69 bits per heavy atom. The molecule has 13 heavy (non-hydrogen) atoms. The zero-order valence-corrected chi connectivity index (χ0v) is 8.36. The maximum Gasteiger partial charge on any atom is 0.320 e. The van der Waals surface area contributed by atoms with Crippen LogP contribution in [0.2, 0.25) is 0 Å². The van der Waals surface area contributed by atoms with Crippen molar-refractivity contribution in [1.82, 2.24) is 9.80 Å². The lowest BCUT2D eigenvalue weighted by Gasteiger charge is -2.27. The summed E-state index contributed by atoms with van der Waals surface area (Å²) in [5, 5.41) is 9.03. The lowest BCUT2D eigenvalue weighted by Crippen LogP contribution is -2.44. The summed E-state index contributed by atoms with van der Waals surface area (Å²) >= 11 is 0. The highest BCUT2D eigenvalue weighted by Gasteiger charge is 2.29. The summed E-state index contributed by atoms with van der Waals surface area (Å²) in [4.78, 5) is 15.1. The predicted molar refractivity (Wildman–Crippen MR) is 50.5 cm³/mol. The molecular formula is C9H18N2O2. The topological polar surface area (TPSA) is 43.8 Å². The van der Waals surface area contributed by atoms with Crippen LogP contribution in [0.3, 0.4) is 0 Å². The van der Waals surface area contributed by atoms with Crippen LogP contribution in [0, 0.1) is 0 Å². The van der Waals surface area contributed by atoms with Gasteiger partial charge < -0.3 is 14.9 Å². The number of aliphatic hydroxyl groups excluding tert-OH is 1. The van der Waals surface area contributed by atoms with Crippen LogP contribution >= 0.6 is 0 Å². The molecule has 1 heterocycles. The summed E-state index contributed by atoms with van der Waals surface area (Å²) in [6.07, 6.45) is 1.94. The third-order valence-corrected chi connectivity index (χ3v) is 2.63. The van der Waals surface area contributed by atoms with E-state index in [-0.39, 0.29) is 18.7 Å². The first kappa shape index (κ1) is 10.3. The average Bonchev–Trinajstić information content (AvgIpc) is 2.62. The van der Waals surface area contributed by atoms with E-state index >= 15 is 0 Å². The maximum atomic E-state index is 11.7. The van der Waals surface area contributed by atoms with Gasteiger partial charge in [0.1, 0.15) is 0 Å². The number of likely N-dealkylation sites (tertiary alicyclic amines) is 1.